The van der Waals surface area contributed by atoms with E-state index in [1.54, 1.807) is 23.0 Å². The molecule has 2 atom stereocenters. The van der Waals surface area contributed by atoms with Crippen molar-refractivity contribution in [3.8, 4) is 5.75 Å². The molecule has 2 aromatic heterocycles. The van der Waals surface area contributed by atoms with Crippen LogP contribution in [0.15, 0.2) is 66.0 Å². The molecule has 3 aliphatic rings. The smallest absolute Gasteiger partial charge is 0.331 e. The lowest BCUT2D eigenvalue weighted by atomic mass is 9.99. The van der Waals surface area contributed by atoms with Gasteiger partial charge in [-0.15, -0.1) is 11.3 Å². The SMILES string of the molecule is CNCC(=O)N1CCC[C@@H](NC(=O)c2sc3nccc4c3c2NC(=O)N4C2=C(C)CC(Oc3ccccc3)C=C2)C1. The third-order valence-electron chi connectivity index (χ3n) is 7.57. The highest BCUT2D eigenvalue weighted by Crippen LogP contribution is 2.45. The molecule has 41 heavy (non-hydrogen) atoms. The number of nitrogens with zero attached hydrogens (tertiary/aromatic N) is 3. The molecule has 0 saturated carbocycles. The number of carbonyl (C=O) groups is 3. The molecule has 0 spiro atoms. The highest BCUT2D eigenvalue weighted by atomic mass is 32.1. The first-order chi connectivity index (χ1) is 19.9. The largest absolute Gasteiger partial charge is 0.486 e. The number of likely N-dealkylation sites (tertiary alicyclic amines) is 1. The van der Waals surface area contributed by atoms with Gasteiger partial charge in [0.15, 0.2) is 0 Å². The maximum atomic E-state index is 13.6. The molecule has 1 fully saturated rings. The molecule has 11 heteroatoms. The van der Waals surface area contributed by atoms with E-state index in [1.165, 1.54) is 11.3 Å². The van der Waals surface area contributed by atoms with Crippen LogP contribution in [0, 0.1) is 0 Å². The summed E-state index contributed by atoms with van der Waals surface area (Å²) in [5.41, 5.74) is 2.96. The van der Waals surface area contributed by atoms with E-state index < -0.39 is 0 Å². The quantitative estimate of drug-likeness (QED) is 0.390. The van der Waals surface area contributed by atoms with Crippen LogP contribution in [0.1, 0.15) is 35.9 Å². The summed E-state index contributed by atoms with van der Waals surface area (Å²) >= 11 is 1.26. The maximum Gasteiger partial charge on any atom is 0.331 e. The molecule has 1 aromatic carbocycles. The van der Waals surface area contributed by atoms with Crippen molar-refractivity contribution < 1.29 is 19.1 Å². The first-order valence-electron chi connectivity index (χ1n) is 13.8. The fraction of sp³-hybridized carbons (Fsp3) is 0.333. The Balaban J connectivity index is 1.24. The summed E-state index contributed by atoms with van der Waals surface area (Å²) in [6.07, 6.45) is 7.66. The van der Waals surface area contributed by atoms with E-state index in [1.807, 2.05) is 55.5 Å². The van der Waals surface area contributed by atoms with Crippen LogP contribution < -0.4 is 25.6 Å². The van der Waals surface area contributed by atoms with Crippen molar-refractivity contribution in [2.45, 2.75) is 38.3 Å². The minimum absolute atomic E-state index is 0.0175. The first kappa shape index (κ1) is 27.0. The number of aromatic nitrogens is 1. The molecule has 0 bridgehead atoms. The van der Waals surface area contributed by atoms with E-state index in [2.05, 4.69) is 20.9 Å². The summed E-state index contributed by atoms with van der Waals surface area (Å²) in [5, 5.41) is 9.71. The van der Waals surface area contributed by atoms with Gasteiger partial charge in [-0.3, -0.25) is 14.5 Å². The van der Waals surface area contributed by atoms with Gasteiger partial charge in [0.25, 0.3) is 5.91 Å². The molecule has 212 valence electrons. The number of pyridine rings is 1. The number of thiophene rings is 1. The van der Waals surface area contributed by atoms with E-state index in [0.717, 1.165) is 35.2 Å². The summed E-state index contributed by atoms with van der Waals surface area (Å²) in [4.78, 5) is 48.5. The van der Waals surface area contributed by atoms with E-state index in [-0.39, 0.29) is 36.5 Å². The van der Waals surface area contributed by atoms with Crippen molar-refractivity contribution in [1.29, 1.82) is 0 Å². The Morgan fingerprint density at radius 3 is 2.83 bits per heavy atom. The number of rotatable bonds is 7. The average Bonchev–Trinajstić information content (AvgIpc) is 3.34. The second kappa shape index (κ2) is 11.3. The summed E-state index contributed by atoms with van der Waals surface area (Å²) in [6, 6.07) is 11.0. The number of allylic oxidation sites excluding steroid dienone is 1. The van der Waals surface area contributed by atoms with Crippen molar-refractivity contribution in [2.24, 2.45) is 0 Å². The van der Waals surface area contributed by atoms with Gasteiger partial charge in [-0.05, 0) is 62.7 Å². The van der Waals surface area contributed by atoms with Gasteiger partial charge in [0.1, 0.15) is 21.6 Å². The van der Waals surface area contributed by atoms with Crippen molar-refractivity contribution in [1.82, 2.24) is 20.5 Å². The Labute approximate surface area is 242 Å². The molecule has 1 aliphatic carbocycles. The van der Waals surface area contributed by atoms with Crippen LogP contribution in [0.25, 0.3) is 10.2 Å². The summed E-state index contributed by atoms with van der Waals surface area (Å²) in [5.74, 6) is 0.539. The molecule has 1 unspecified atom stereocenters. The standard InChI is InChI=1S/C30H32N6O4S/c1-18-15-21(40-20-8-4-3-5-9-20)10-11-22(18)36-23-12-13-32-29-25(23)26(34-30(36)39)27(41-29)28(38)33-19-7-6-14-35(17-19)24(37)16-31-2/h3-5,8-13,19,21,31H,6-7,14-17H2,1-2H3,(H,33,38)(H,34,39)/t19-,21?/m1/s1. The Bertz CT molecular complexity index is 1570. The Kier molecular flexibility index (Phi) is 7.46. The molecule has 10 nitrogen and oxygen atoms in total. The lowest BCUT2D eigenvalue weighted by molar-refractivity contribution is -0.131. The number of amides is 4. The van der Waals surface area contributed by atoms with Crippen molar-refractivity contribution in [2.75, 3.05) is 36.9 Å². The predicted molar refractivity (Wildman–Crippen MR) is 159 cm³/mol. The van der Waals surface area contributed by atoms with Gasteiger partial charge in [-0.25, -0.2) is 9.78 Å². The number of anilines is 2. The van der Waals surface area contributed by atoms with Crippen LogP contribution in [-0.2, 0) is 4.79 Å². The normalized spacial score (nSPS) is 20.3. The molecule has 4 heterocycles. The van der Waals surface area contributed by atoms with E-state index in [4.69, 9.17) is 4.74 Å². The second-order valence-electron chi connectivity index (χ2n) is 10.5. The Morgan fingerprint density at radius 2 is 2.05 bits per heavy atom. The van der Waals surface area contributed by atoms with Gasteiger partial charge < -0.3 is 25.6 Å². The molecule has 1 saturated heterocycles. The number of benzene rings is 1. The Hall–Kier alpha value is -4.22. The molecule has 3 N–H and O–H groups in total. The number of ether oxygens (including phenoxy) is 1. The number of hydrogen-bond donors (Lipinski definition) is 3. The molecule has 0 radical (unpaired) electrons. The van der Waals surface area contributed by atoms with E-state index in [9.17, 15) is 14.4 Å². The Morgan fingerprint density at radius 1 is 1.22 bits per heavy atom. The molecule has 6 rings (SSSR count). The maximum absolute atomic E-state index is 13.6. The van der Waals surface area contributed by atoms with Gasteiger partial charge in [0.2, 0.25) is 5.91 Å². The summed E-state index contributed by atoms with van der Waals surface area (Å²) in [6.45, 7) is 3.42. The topological polar surface area (TPSA) is 116 Å². The highest BCUT2D eigenvalue weighted by Gasteiger charge is 2.35. The minimum atomic E-state index is -0.333. The van der Waals surface area contributed by atoms with Crippen LogP contribution in [-0.4, -0.2) is 66.6 Å². The van der Waals surface area contributed by atoms with Crippen molar-refractivity contribution in [3.05, 3.63) is 70.9 Å². The lowest BCUT2D eigenvalue weighted by Crippen LogP contribution is -2.51. The number of para-hydroxylation sites is 1. The second-order valence-corrected chi connectivity index (χ2v) is 11.5. The fourth-order valence-corrected chi connectivity index (χ4v) is 6.68. The number of nitrogens with one attached hydrogen (secondary N) is 3. The van der Waals surface area contributed by atoms with Gasteiger partial charge >= 0.3 is 6.03 Å². The number of carbonyl (C=O) groups excluding carboxylic acids is 3. The number of likely N-dealkylation sites (N-methyl/N-ethyl adjacent to an activating group) is 1. The fourth-order valence-electron chi connectivity index (χ4n) is 5.65. The third-order valence-corrected chi connectivity index (χ3v) is 8.67. The van der Waals surface area contributed by atoms with Gasteiger partial charge in [-0.1, -0.05) is 18.2 Å². The van der Waals surface area contributed by atoms with Gasteiger partial charge in [0.05, 0.1) is 23.3 Å². The zero-order valence-corrected chi connectivity index (χ0v) is 23.8. The summed E-state index contributed by atoms with van der Waals surface area (Å²) < 4.78 is 6.11. The third kappa shape index (κ3) is 5.30. The van der Waals surface area contributed by atoms with Crippen LogP contribution in [0.4, 0.5) is 16.2 Å². The molecule has 3 aromatic rings. The van der Waals surface area contributed by atoms with Gasteiger partial charge in [0, 0.05) is 37.4 Å². The predicted octanol–water partition coefficient (Wildman–Crippen LogP) is 4.27. The average molecular weight is 573 g/mol. The molecule has 2 aliphatic heterocycles. The highest BCUT2D eigenvalue weighted by molar-refractivity contribution is 7.21. The molecular formula is C30H32N6O4S. The molecule has 4 amide bonds. The lowest BCUT2D eigenvalue weighted by Gasteiger charge is -2.33. The van der Waals surface area contributed by atoms with Crippen molar-refractivity contribution in [3.63, 3.8) is 0 Å². The first-order valence-corrected chi connectivity index (χ1v) is 14.6. The molecular weight excluding hydrogens is 540 g/mol. The monoisotopic (exact) mass is 572 g/mol. The number of hydrogen-bond acceptors (Lipinski definition) is 7. The number of urea groups is 1. The van der Waals surface area contributed by atoms with E-state index >= 15 is 0 Å². The van der Waals surface area contributed by atoms with Gasteiger partial charge in [-0.2, -0.15) is 0 Å². The minimum Gasteiger partial charge on any atom is -0.486 e. The zero-order chi connectivity index (χ0) is 28.5. The van der Waals surface area contributed by atoms with Crippen molar-refractivity contribution >= 4 is 50.8 Å². The number of piperidine rings is 1. The van der Waals surface area contributed by atoms with Crippen LogP contribution >= 0.6 is 11.3 Å². The van der Waals surface area contributed by atoms with Crippen LogP contribution in [0.2, 0.25) is 0 Å². The van der Waals surface area contributed by atoms with Crippen LogP contribution in [0.3, 0.4) is 0 Å². The van der Waals surface area contributed by atoms with E-state index in [0.29, 0.717) is 40.6 Å². The zero-order valence-electron chi connectivity index (χ0n) is 23.0. The summed E-state index contributed by atoms with van der Waals surface area (Å²) in [7, 11) is 1.74. The van der Waals surface area contributed by atoms with Crippen LogP contribution in [0.5, 0.6) is 5.75 Å².